The molecule has 5 atom stereocenters. The number of carbonyl (C=O) groups is 1. The van der Waals surface area contributed by atoms with E-state index in [2.05, 4.69) is 42.6 Å². The normalized spacial score (nSPS) is 47.9. The Kier molecular flexibility index (Phi) is 4.09. The molecule has 5 fully saturated rings. The lowest BCUT2D eigenvalue weighted by Crippen LogP contribution is -2.83. The molecule has 3 N–H and O–H groups in total. The first-order valence-corrected chi connectivity index (χ1v) is 12.6. The number of nitrogens with two attached hydrogens (primary N) is 1. The highest BCUT2D eigenvalue weighted by molar-refractivity contribution is 5.88. The van der Waals surface area contributed by atoms with Gasteiger partial charge < -0.3 is 11.1 Å². The second-order valence-electron chi connectivity index (χ2n) is 11.7. The summed E-state index contributed by atoms with van der Waals surface area (Å²) in [4.78, 5) is 14.0. The van der Waals surface area contributed by atoms with Crippen LogP contribution >= 0.6 is 0 Å². The summed E-state index contributed by atoms with van der Waals surface area (Å²) in [6.07, 6.45) is 13.4. The van der Waals surface area contributed by atoms with Crippen LogP contribution in [0.1, 0.15) is 83.1 Å². The van der Waals surface area contributed by atoms with E-state index < -0.39 is 0 Å². The molecule has 1 aromatic rings. The molecular weight excluding hydrogens is 368 g/mol. The largest absolute Gasteiger partial charge is 0.353 e. The van der Waals surface area contributed by atoms with Crippen LogP contribution in [0.4, 0.5) is 0 Å². The third-order valence-corrected chi connectivity index (χ3v) is 10.7. The number of hydrogen-bond acceptors (Lipinski definition) is 2. The van der Waals surface area contributed by atoms with Crippen molar-refractivity contribution in [2.24, 2.45) is 33.8 Å². The van der Waals surface area contributed by atoms with Gasteiger partial charge in [0, 0.05) is 16.9 Å². The first-order valence-electron chi connectivity index (χ1n) is 12.6. The van der Waals surface area contributed by atoms with Crippen molar-refractivity contribution in [1.82, 2.24) is 5.32 Å². The minimum atomic E-state index is -0.0934. The topological polar surface area (TPSA) is 55.1 Å². The van der Waals surface area contributed by atoms with Crippen molar-refractivity contribution in [3.63, 3.8) is 0 Å². The summed E-state index contributed by atoms with van der Waals surface area (Å²) in [5, 5.41) is 3.60. The molecular formula is C27H38N2O. The van der Waals surface area contributed by atoms with Crippen LogP contribution in [0.15, 0.2) is 30.3 Å². The minimum Gasteiger partial charge on any atom is -0.353 e. The van der Waals surface area contributed by atoms with Gasteiger partial charge in [0.2, 0.25) is 5.91 Å². The monoisotopic (exact) mass is 406 g/mol. The molecule has 1 aromatic carbocycles. The predicted octanol–water partition coefficient (Wildman–Crippen LogP) is 4.94. The zero-order valence-electron chi connectivity index (χ0n) is 18.6. The fourth-order valence-corrected chi connectivity index (χ4v) is 10.1. The van der Waals surface area contributed by atoms with Crippen LogP contribution in [0.3, 0.4) is 0 Å². The predicted molar refractivity (Wildman–Crippen MR) is 120 cm³/mol. The van der Waals surface area contributed by atoms with Gasteiger partial charge in [-0.2, -0.15) is 0 Å². The molecule has 2 bridgehead atoms. The van der Waals surface area contributed by atoms with E-state index >= 15 is 0 Å². The van der Waals surface area contributed by atoms with Crippen LogP contribution < -0.4 is 11.1 Å². The Labute approximate surface area is 181 Å². The van der Waals surface area contributed by atoms with E-state index in [0.29, 0.717) is 23.3 Å². The number of carbonyl (C=O) groups excluding carboxylic acids is 1. The molecule has 5 aliphatic rings. The lowest BCUT2D eigenvalue weighted by molar-refractivity contribution is -0.311. The zero-order valence-corrected chi connectivity index (χ0v) is 18.6. The SMILES string of the molecule is CCC[C@@]12CC3CC4(C(=O)N[C@H]5CC[C@H](CN)CC5)C[C@](c5ccccc5)(C1)C42C3. The first-order chi connectivity index (χ1) is 14.5. The van der Waals surface area contributed by atoms with Gasteiger partial charge in [-0.3, -0.25) is 4.79 Å². The smallest absolute Gasteiger partial charge is 0.227 e. The third-order valence-electron chi connectivity index (χ3n) is 10.7. The second kappa shape index (κ2) is 6.34. The Morgan fingerprint density at radius 3 is 2.53 bits per heavy atom. The molecule has 0 heterocycles. The molecule has 0 radical (unpaired) electrons. The third kappa shape index (κ3) is 2.04. The second-order valence-corrected chi connectivity index (χ2v) is 11.7. The molecule has 5 aliphatic carbocycles. The van der Waals surface area contributed by atoms with Gasteiger partial charge in [-0.1, -0.05) is 43.7 Å². The van der Waals surface area contributed by atoms with Crippen LogP contribution in [-0.2, 0) is 10.2 Å². The maximum atomic E-state index is 14.0. The van der Waals surface area contributed by atoms with Crippen LogP contribution in [0.2, 0.25) is 0 Å². The summed E-state index contributed by atoms with van der Waals surface area (Å²) in [7, 11) is 0. The van der Waals surface area contributed by atoms with E-state index in [1.165, 1.54) is 50.5 Å². The van der Waals surface area contributed by atoms with E-state index in [1.807, 2.05) is 0 Å². The van der Waals surface area contributed by atoms with Crippen LogP contribution in [-0.4, -0.2) is 18.5 Å². The van der Waals surface area contributed by atoms with Gasteiger partial charge in [-0.25, -0.2) is 0 Å². The summed E-state index contributed by atoms with van der Waals surface area (Å²) in [6, 6.07) is 11.6. The Bertz CT molecular complexity index is 846. The van der Waals surface area contributed by atoms with Crippen LogP contribution in [0.5, 0.6) is 0 Å². The molecule has 1 spiro atoms. The van der Waals surface area contributed by atoms with Gasteiger partial charge in [0.1, 0.15) is 0 Å². The Hall–Kier alpha value is -1.35. The number of nitrogens with one attached hydrogen (secondary N) is 1. The maximum Gasteiger partial charge on any atom is 0.227 e. The number of rotatable bonds is 6. The Balaban J connectivity index is 1.32. The molecule has 0 aliphatic heterocycles. The number of amides is 1. The van der Waals surface area contributed by atoms with E-state index in [4.69, 9.17) is 5.73 Å². The summed E-state index contributed by atoms with van der Waals surface area (Å²) >= 11 is 0. The minimum absolute atomic E-state index is 0.0934. The molecule has 3 heteroatoms. The van der Waals surface area contributed by atoms with Gasteiger partial charge in [0.25, 0.3) is 0 Å². The van der Waals surface area contributed by atoms with Gasteiger partial charge >= 0.3 is 0 Å². The summed E-state index contributed by atoms with van der Waals surface area (Å²) in [6.45, 7) is 3.14. The average Bonchev–Trinajstić information content (AvgIpc) is 3.22. The Morgan fingerprint density at radius 1 is 1.07 bits per heavy atom. The highest BCUT2D eigenvalue weighted by atomic mass is 16.2. The van der Waals surface area contributed by atoms with Crippen molar-refractivity contribution >= 4 is 5.91 Å². The van der Waals surface area contributed by atoms with E-state index in [9.17, 15) is 4.79 Å². The van der Waals surface area contributed by atoms with Gasteiger partial charge in [0.15, 0.2) is 0 Å². The number of hydrogen-bond donors (Lipinski definition) is 2. The van der Waals surface area contributed by atoms with Crippen molar-refractivity contribution in [2.45, 2.75) is 89.0 Å². The van der Waals surface area contributed by atoms with Crippen LogP contribution in [0, 0.1) is 28.1 Å². The molecule has 1 amide bonds. The molecule has 162 valence electrons. The number of fused-ring (bicyclic) bond motifs is 1. The van der Waals surface area contributed by atoms with Crippen LogP contribution in [0.25, 0.3) is 0 Å². The van der Waals surface area contributed by atoms with Gasteiger partial charge in [0.05, 0.1) is 5.41 Å². The van der Waals surface area contributed by atoms with Crippen molar-refractivity contribution in [3.8, 4) is 0 Å². The Morgan fingerprint density at radius 2 is 1.83 bits per heavy atom. The van der Waals surface area contributed by atoms with Crippen molar-refractivity contribution in [1.29, 1.82) is 0 Å². The molecule has 6 rings (SSSR count). The summed E-state index contributed by atoms with van der Waals surface area (Å²) < 4.78 is 0. The molecule has 0 aromatic heterocycles. The van der Waals surface area contributed by atoms with Gasteiger partial charge in [-0.05, 0) is 93.6 Å². The lowest BCUT2D eigenvalue weighted by atomic mass is 9.18. The molecule has 0 saturated heterocycles. The van der Waals surface area contributed by atoms with Crippen molar-refractivity contribution in [3.05, 3.63) is 35.9 Å². The quantitative estimate of drug-likeness (QED) is 0.703. The average molecular weight is 407 g/mol. The summed E-state index contributed by atoms with van der Waals surface area (Å²) in [5.74, 6) is 1.85. The molecule has 5 saturated carbocycles. The maximum absolute atomic E-state index is 14.0. The standard InChI is InChI=1S/C27H38N2O/c1-2-12-24-13-20-14-25(23(30)29-22-10-8-19(16-28)9-11-22)18-26(17-24,27(24,25)15-20)21-6-4-3-5-7-21/h3-7,19-20,22H,2,8-18,28H2,1H3,(H,29,30)/t19-,20?,22-,24-,25?,26+,27?/m1/s1. The summed E-state index contributed by atoms with van der Waals surface area (Å²) in [5.41, 5.74) is 8.23. The fraction of sp³-hybridized carbons (Fsp3) is 0.741. The van der Waals surface area contributed by atoms with Crippen molar-refractivity contribution in [2.75, 3.05) is 6.54 Å². The van der Waals surface area contributed by atoms with Gasteiger partial charge in [-0.15, -0.1) is 0 Å². The molecule has 3 unspecified atom stereocenters. The lowest BCUT2D eigenvalue weighted by Gasteiger charge is -2.84. The first kappa shape index (κ1) is 19.3. The molecule has 30 heavy (non-hydrogen) atoms. The van der Waals surface area contributed by atoms with Crippen molar-refractivity contribution < 1.29 is 4.79 Å². The fourth-order valence-electron chi connectivity index (χ4n) is 10.1. The highest BCUT2D eigenvalue weighted by Gasteiger charge is 2.93. The highest BCUT2D eigenvalue weighted by Crippen LogP contribution is 2.96. The molecule has 3 nitrogen and oxygen atoms in total. The number of benzene rings is 1. The zero-order chi connectivity index (χ0) is 20.6. The van der Waals surface area contributed by atoms with E-state index in [1.54, 1.807) is 0 Å². The van der Waals surface area contributed by atoms with E-state index in [-0.39, 0.29) is 16.2 Å². The van der Waals surface area contributed by atoms with E-state index in [0.717, 1.165) is 38.1 Å².